The van der Waals surface area contributed by atoms with Crippen molar-refractivity contribution in [3.63, 3.8) is 0 Å². The van der Waals surface area contributed by atoms with Gasteiger partial charge < -0.3 is 5.32 Å². The lowest BCUT2D eigenvalue weighted by Gasteiger charge is -2.31. The number of aryl methyl sites for hydroxylation is 1. The Hall–Kier alpha value is -1.17. The Bertz CT molecular complexity index is 526. The summed E-state index contributed by atoms with van der Waals surface area (Å²) in [6.07, 6.45) is 4.73. The minimum Gasteiger partial charge on any atom is -0.366 e. The molecule has 5 nitrogen and oxygen atoms in total. The van der Waals surface area contributed by atoms with Gasteiger partial charge in [-0.2, -0.15) is 0 Å². The summed E-state index contributed by atoms with van der Waals surface area (Å²) in [5, 5.41) is 14.3. The highest BCUT2D eigenvalue weighted by molar-refractivity contribution is 9.10. The molecule has 0 aromatic carbocycles. The van der Waals surface area contributed by atoms with Crippen LogP contribution in [0, 0.1) is 28.9 Å². The average molecular weight is 356 g/mol. The fourth-order valence-electron chi connectivity index (χ4n) is 2.98. The molecule has 1 saturated carbocycles. The fraction of sp³-hybridized carbons (Fsp3) is 0.667. The molecule has 1 N–H and O–H groups in total. The Morgan fingerprint density at radius 1 is 1.38 bits per heavy atom. The van der Waals surface area contributed by atoms with Gasteiger partial charge in [0.25, 0.3) is 5.69 Å². The molecule has 1 aromatic heterocycles. The molecular weight excluding hydrogens is 334 g/mol. The van der Waals surface area contributed by atoms with Crippen LogP contribution in [0.25, 0.3) is 0 Å². The Morgan fingerprint density at radius 3 is 2.52 bits per heavy atom. The van der Waals surface area contributed by atoms with E-state index in [1.54, 1.807) is 6.92 Å². The van der Waals surface area contributed by atoms with E-state index in [1.807, 2.05) is 0 Å². The fourth-order valence-corrected chi connectivity index (χ4v) is 3.40. The van der Waals surface area contributed by atoms with Crippen LogP contribution in [0.1, 0.15) is 45.2 Å². The molecule has 6 heteroatoms. The Morgan fingerprint density at radius 2 is 2.00 bits per heavy atom. The summed E-state index contributed by atoms with van der Waals surface area (Å²) < 4.78 is 0.658. The summed E-state index contributed by atoms with van der Waals surface area (Å²) in [5.74, 6) is 2.28. The largest absolute Gasteiger partial charge is 0.366 e. The quantitative estimate of drug-likeness (QED) is 0.628. The first-order valence-electron chi connectivity index (χ1n) is 7.46. The maximum Gasteiger partial charge on any atom is 0.291 e. The minimum absolute atomic E-state index is 0.0518. The third-order valence-corrected chi connectivity index (χ3v) is 5.00. The van der Waals surface area contributed by atoms with Crippen molar-refractivity contribution < 1.29 is 4.92 Å². The molecule has 1 heterocycles. The number of nitro groups is 1. The molecule has 1 fully saturated rings. The lowest BCUT2D eigenvalue weighted by atomic mass is 9.80. The summed E-state index contributed by atoms with van der Waals surface area (Å²) in [4.78, 5) is 14.8. The smallest absolute Gasteiger partial charge is 0.291 e. The van der Waals surface area contributed by atoms with Crippen molar-refractivity contribution in [1.29, 1.82) is 0 Å². The third-order valence-electron chi connectivity index (χ3n) is 4.39. The second-order valence-electron chi connectivity index (χ2n) is 6.18. The standard InChI is InChI=1S/C15H22BrN3O2/c1-9(2)11-4-6-12(7-5-11)18-15-13(16)8-14(19(20)21)10(3)17-15/h8-9,11-12H,4-7H2,1-3H3,(H,17,18)/t11-,12-. The summed E-state index contributed by atoms with van der Waals surface area (Å²) in [7, 11) is 0. The topological polar surface area (TPSA) is 68.1 Å². The first-order valence-corrected chi connectivity index (χ1v) is 8.26. The Labute approximate surface area is 133 Å². The van der Waals surface area contributed by atoms with Gasteiger partial charge in [0, 0.05) is 12.1 Å². The van der Waals surface area contributed by atoms with Gasteiger partial charge in [-0.15, -0.1) is 0 Å². The van der Waals surface area contributed by atoms with Gasteiger partial charge in [-0.05, 0) is 60.4 Å². The highest BCUT2D eigenvalue weighted by Crippen LogP contribution is 2.33. The van der Waals surface area contributed by atoms with Crippen LogP contribution in [0.4, 0.5) is 11.5 Å². The SMILES string of the molecule is Cc1nc(N[C@H]2CC[C@H](C(C)C)CC2)c(Br)cc1[N+](=O)[O-]. The Balaban J connectivity index is 2.04. The summed E-state index contributed by atoms with van der Waals surface area (Å²) in [6, 6.07) is 1.94. The zero-order valence-corrected chi connectivity index (χ0v) is 14.3. The molecule has 1 aliphatic carbocycles. The summed E-state index contributed by atoms with van der Waals surface area (Å²) >= 11 is 3.38. The lowest BCUT2D eigenvalue weighted by Crippen LogP contribution is -2.28. The van der Waals surface area contributed by atoms with E-state index in [1.165, 1.54) is 18.9 Å². The number of rotatable bonds is 4. The molecule has 2 rings (SSSR count). The Kier molecular flexibility index (Phi) is 5.19. The molecule has 0 amide bonds. The molecule has 21 heavy (non-hydrogen) atoms. The van der Waals surface area contributed by atoms with Gasteiger partial charge in [0.1, 0.15) is 11.5 Å². The minimum atomic E-state index is -0.398. The van der Waals surface area contributed by atoms with E-state index in [9.17, 15) is 10.1 Å². The van der Waals surface area contributed by atoms with Crippen molar-refractivity contribution in [1.82, 2.24) is 4.98 Å². The van der Waals surface area contributed by atoms with Crippen molar-refractivity contribution in [3.8, 4) is 0 Å². The van der Waals surface area contributed by atoms with Crippen LogP contribution in [-0.2, 0) is 0 Å². The van der Waals surface area contributed by atoms with Crippen LogP contribution < -0.4 is 5.32 Å². The monoisotopic (exact) mass is 355 g/mol. The van der Waals surface area contributed by atoms with E-state index in [2.05, 4.69) is 40.1 Å². The van der Waals surface area contributed by atoms with E-state index in [-0.39, 0.29) is 5.69 Å². The van der Waals surface area contributed by atoms with Crippen molar-refractivity contribution in [3.05, 3.63) is 26.3 Å². The number of pyridine rings is 1. The summed E-state index contributed by atoms with van der Waals surface area (Å²) in [6.45, 7) is 6.25. The van der Waals surface area contributed by atoms with E-state index < -0.39 is 4.92 Å². The second kappa shape index (κ2) is 6.73. The van der Waals surface area contributed by atoms with E-state index in [0.29, 0.717) is 22.0 Å². The highest BCUT2D eigenvalue weighted by Gasteiger charge is 2.24. The molecule has 116 valence electrons. The number of hydrogen-bond donors (Lipinski definition) is 1. The number of nitrogens with one attached hydrogen (secondary N) is 1. The molecule has 0 unspecified atom stereocenters. The van der Waals surface area contributed by atoms with Crippen molar-refractivity contribution >= 4 is 27.4 Å². The number of halogens is 1. The van der Waals surface area contributed by atoms with Crippen molar-refractivity contribution in [2.45, 2.75) is 52.5 Å². The first kappa shape index (κ1) is 16.2. The number of hydrogen-bond acceptors (Lipinski definition) is 4. The second-order valence-corrected chi connectivity index (χ2v) is 7.03. The average Bonchev–Trinajstić information content (AvgIpc) is 2.42. The van der Waals surface area contributed by atoms with Crippen LogP contribution in [0.15, 0.2) is 10.5 Å². The van der Waals surface area contributed by atoms with E-state index >= 15 is 0 Å². The van der Waals surface area contributed by atoms with Gasteiger partial charge in [-0.25, -0.2) is 4.98 Å². The third kappa shape index (κ3) is 3.93. The van der Waals surface area contributed by atoms with Crippen LogP contribution in [-0.4, -0.2) is 15.9 Å². The van der Waals surface area contributed by atoms with Gasteiger partial charge in [0.05, 0.1) is 9.40 Å². The van der Waals surface area contributed by atoms with Crippen LogP contribution in [0.2, 0.25) is 0 Å². The van der Waals surface area contributed by atoms with E-state index in [4.69, 9.17) is 0 Å². The van der Waals surface area contributed by atoms with E-state index in [0.717, 1.165) is 24.7 Å². The number of aromatic nitrogens is 1. The zero-order valence-electron chi connectivity index (χ0n) is 12.7. The molecule has 0 atom stereocenters. The molecule has 0 aliphatic heterocycles. The van der Waals surface area contributed by atoms with Crippen LogP contribution >= 0.6 is 15.9 Å². The highest BCUT2D eigenvalue weighted by atomic mass is 79.9. The molecule has 0 spiro atoms. The van der Waals surface area contributed by atoms with Crippen LogP contribution in [0.5, 0.6) is 0 Å². The van der Waals surface area contributed by atoms with Gasteiger partial charge in [0.2, 0.25) is 0 Å². The number of anilines is 1. The first-order chi connectivity index (χ1) is 9.88. The predicted molar refractivity (Wildman–Crippen MR) is 87.5 cm³/mol. The predicted octanol–water partition coefficient (Wildman–Crippen LogP) is 4.69. The van der Waals surface area contributed by atoms with Crippen molar-refractivity contribution in [2.24, 2.45) is 11.8 Å². The van der Waals surface area contributed by atoms with Gasteiger partial charge in [0.15, 0.2) is 0 Å². The van der Waals surface area contributed by atoms with Gasteiger partial charge in [-0.3, -0.25) is 10.1 Å². The molecule has 0 saturated heterocycles. The maximum atomic E-state index is 10.9. The molecule has 1 aromatic rings. The zero-order chi connectivity index (χ0) is 15.6. The summed E-state index contributed by atoms with van der Waals surface area (Å²) in [5.41, 5.74) is 0.498. The van der Waals surface area contributed by atoms with Crippen LogP contribution in [0.3, 0.4) is 0 Å². The molecule has 0 bridgehead atoms. The van der Waals surface area contributed by atoms with Gasteiger partial charge in [-0.1, -0.05) is 13.8 Å². The lowest BCUT2D eigenvalue weighted by molar-refractivity contribution is -0.385. The molecule has 1 aliphatic rings. The molecule has 0 radical (unpaired) electrons. The van der Waals surface area contributed by atoms with Crippen molar-refractivity contribution in [2.75, 3.05) is 5.32 Å². The molecular formula is C15H22BrN3O2. The van der Waals surface area contributed by atoms with Gasteiger partial charge >= 0.3 is 0 Å². The normalized spacial score (nSPS) is 22.3. The maximum absolute atomic E-state index is 10.9. The number of nitrogens with zero attached hydrogens (tertiary/aromatic N) is 2.